The van der Waals surface area contributed by atoms with Crippen molar-refractivity contribution in [3.8, 4) is 11.3 Å². The number of likely N-dealkylation sites (tertiary alicyclic amines) is 1. The largest absolute Gasteiger partial charge is 0.491 e. The third-order valence-electron chi connectivity index (χ3n) is 6.62. The van der Waals surface area contributed by atoms with E-state index in [4.69, 9.17) is 4.74 Å². The van der Waals surface area contributed by atoms with Crippen molar-refractivity contribution in [1.82, 2.24) is 25.0 Å². The fourth-order valence-electron chi connectivity index (χ4n) is 4.87. The molecule has 1 amide bonds. The molecular formula is C26H32F3N5O5. The Morgan fingerprint density at radius 2 is 1.82 bits per heavy atom. The first-order valence-electron chi connectivity index (χ1n) is 12.9. The number of aryl methyl sites for hydroxylation is 2. The first-order chi connectivity index (χ1) is 18.3. The Hall–Kier alpha value is -3.48. The van der Waals surface area contributed by atoms with Crippen LogP contribution in [-0.2, 0) is 33.7 Å². The number of halogens is 3. The van der Waals surface area contributed by atoms with E-state index in [0.29, 0.717) is 37.1 Å². The number of carbonyl (C=O) groups is 3. The van der Waals surface area contributed by atoms with Gasteiger partial charge in [-0.2, -0.15) is 18.3 Å². The minimum atomic E-state index is -5.29. The van der Waals surface area contributed by atoms with Crippen LogP contribution in [0.1, 0.15) is 61.6 Å². The summed E-state index contributed by atoms with van der Waals surface area (Å²) in [6.45, 7) is 7.80. The van der Waals surface area contributed by atoms with Gasteiger partial charge in [-0.25, -0.2) is 14.4 Å². The first-order valence-corrected chi connectivity index (χ1v) is 12.9. The monoisotopic (exact) mass is 551 g/mol. The number of ether oxygens (including phenoxy) is 2. The fourth-order valence-corrected chi connectivity index (χ4v) is 4.87. The van der Waals surface area contributed by atoms with Crippen molar-refractivity contribution < 1.29 is 37.0 Å². The molecule has 10 nitrogen and oxygen atoms in total. The van der Waals surface area contributed by atoms with Gasteiger partial charge in [0.1, 0.15) is 5.60 Å². The SMILES string of the molecule is CC(C)(C)OC(=O)NC1CCN(CCCn2nc3c(c2C(=O)OC(=O)C(F)(F)F)CCc2cnccc2-3)CC1. The van der Waals surface area contributed by atoms with E-state index in [-0.39, 0.29) is 18.3 Å². The van der Waals surface area contributed by atoms with Crippen LogP contribution in [0.25, 0.3) is 11.3 Å². The molecule has 1 aliphatic carbocycles. The number of carbonyl (C=O) groups excluding carboxylic acids is 3. The molecular weight excluding hydrogens is 519 g/mol. The van der Waals surface area contributed by atoms with Gasteiger partial charge in [0.15, 0.2) is 5.69 Å². The number of hydrogen-bond donors (Lipinski definition) is 1. The van der Waals surface area contributed by atoms with E-state index in [1.54, 1.807) is 39.2 Å². The Morgan fingerprint density at radius 1 is 1.10 bits per heavy atom. The lowest BCUT2D eigenvalue weighted by Crippen LogP contribution is -2.46. The number of aromatic nitrogens is 3. The molecule has 13 heteroatoms. The predicted octanol–water partition coefficient (Wildman–Crippen LogP) is 3.67. The topological polar surface area (TPSA) is 116 Å². The number of alkyl halides is 3. The molecule has 0 bridgehead atoms. The number of rotatable bonds is 6. The van der Waals surface area contributed by atoms with Crippen molar-refractivity contribution in [2.45, 2.75) is 77.2 Å². The van der Waals surface area contributed by atoms with Crippen LogP contribution >= 0.6 is 0 Å². The van der Waals surface area contributed by atoms with Crippen molar-refractivity contribution >= 4 is 18.0 Å². The maximum Gasteiger partial charge on any atom is 0.491 e. The maximum atomic E-state index is 12.8. The Kier molecular flexibility index (Phi) is 8.28. The van der Waals surface area contributed by atoms with Gasteiger partial charge in [0, 0.05) is 49.2 Å². The lowest BCUT2D eigenvalue weighted by atomic mass is 9.90. The second-order valence-electron chi connectivity index (χ2n) is 10.7. The minimum absolute atomic E-state index is 0.0102. The molecule has 0 spiro atoms. The molecule has 4 rings (SSSR count). The van der Waals surface area contributed by atoms with Crippen molar-refractivity contribution in [1.29, 1.82) is 0 Å². The van der Waals surface area contributed by atoms with Gasteiger partial charge < -0.3 is 19.7 Å². The molecule has 2 aliphatic rings. The van der Waals surface area contributed by atoms with Crippen LogP contribution < -0.4 is 5.32 Å². The third-order valence-corrected chi connectivity index (χ3v) is 6.62. The lowest BCUT2D eigenvalue weighted by molar-refractivity contribution is -0.193. The molecule has 0 unspecified atom stereocenters. The van der Waals surface area contributed by atoms with E-state index >= 15 is 0 Å². The number of fused-ring (bicyclic) bond motifs is 3. The number of esters is 2. The lowest BCUT2D eigenvalue weighted by Gasteiger charge is -2.32. The van der Waals surface area contributed by atoms with Gasteiger partial charge in [-0.05, 0) is 71.0 Å². The normalized spacial score (nSPS) is 16.3. The number of nitrogens with zero attached hydrogens (tertiary/aromatic N) is 4. The highest BCUT2D eigenvalue weighted by Crippen LogP contribution is 2.34. The number of hydrogen-bond acceptors (Lipinski definition) is 8. The van der Waals surface area contributed by atoms with E-state index in [1.807, 2.05) is 0 Å². The zero-order valence-electron chi connectivity index (χ0n) is 22.1. The predicted molar refractivity (Wildman–Crippen MR) is 133 cm³/mol. The summed E-state index contributed by atoms with van der Waals surface area (Å²) < 4.78 is 49.2. The summed E-state index contributed by atoms with van der Waals surface area (Å²) >= 11 is 0. The standard InChI is InChI=1S/C26H32F3N5O5/c1-25(2,3)39-24(37)31-17-8-13-33(14-9-17)11-4-12-34-21(22(35)38-23(36)26(27,28)29)19-6-5-16-15-30-10-7-18(16)20(19)32-34/h7,10,15,17H,4-6,8-9,11-14H2,1-3H3,(H,31,37). The van der Waals surface area contributed by atoms with Crippen LogP contribution in [0.5, 0.6) is 0 Å². The van der Waals surface area contributed by atoms with Gasteiger partial charge in [0.2, 0.25) is 0 Å². The summed E-state index contributed by atoms with van der Waals surface area (Å²) in [6, 6.07) is 1.76. The van der Waals surface area contributed by atoms with E-state index in [2.05, 4.69) is 25.0 Å². The van der Waals surface area contributed by atoms with Crippen molar-refractivity contribution in [3.05, 3.63) is 35.3 Å². The average Bonchev–Trinajstić information content (AvgIpc) is 3.22. The third kappa shape index (κ3) is 7.14. The number of pyridine rings is 1. The molecule has 3 heterocycles. The molecule has 0 saturated carbocycles. The smallest absolute Gasteiger partial charge is 0.444 e. The Bertz CT molecular complexity index is 1230. The summed E-state index contributed by atoms with van der Waals surface area (Å²) in [5.41, 5.74) is 1.91. The zero-order chi connectivity index (χ0) is 28.4. The van der Waals surface area contributed by atoms with Crippen LogP contribution in [0.15, 0.2) is 18.5 Å². The molecule has 1 aliphatic heterocycles. The molecule has 1 fully saturated rings. The molecule has 2 aromatic heterocycles. The summed E-state index contributed by atoms with van der Waals surface area (Å²) in [4.78, 5) is 42.5. The molecule has 212 valence electrons. The highest BCUT2D eigenvalue weighted by Gasteiger charge is 2.43. The molecule has 1 saturated heterocycles. The van der Waals surface area contributed by atoms with E-state index in [0.717, 1.165) is 37.1 Å². The molecule has 39 heavy (non-hydrogen) atoms. The van der Waals surface area contributed by atoms with E-state index < -0.39 is 29.8 Å². The van der Waals surface area contributed by atoms with Crippen LogP contribution in [0.4, 0.5) is 18.0 Å². The molecule has 0 atom stereocenters. The Labute approximate surface area is 223 Å². The van der Waals surface area contributed by atoms with Crippen LogP contribution in [-0.4, -0.2) is 75.1 Å². The van der Waals surface area contributed by atoms with E-state index in [9.17, 15) is 27.6 Å². The Balaban J connectivity index is 1.40. The van der Waals surface area contributed by atoms with Crippen LogP contribution in [0, 0.1) is 0 Å². The average molecular weight is 552 g/mol. The van der Waals surface area contributed by atoms with Gasteiger partial charge in [-0.15, -0.1) is 0 Å². The van der Waals surface area contributed by atoms with Gasteiger partial charge in [0.25, 0.3) is 0 Å². The zero-order valence-corrected chi connectivity index (χ0v) is 22.1. The van der Waals surface area contributed by atoms with Gasteiger partial charge in [0.05, 0.1) is 5.69 Å². The van der Waals surface area contributed by atoms with Crippen molar-refractivity contribution in [2.24, 2.45) is 0 Å². The maximum absolute atomic E-state index is 12.8. The molecule has 2 aromatic rings. The second kappa shape index (κ2) is 11.3. The highest BCUT2D eigenvalue weighted by molar-refractivity contribution is 5.99. The van der Waals surface area contributed by atoms with Crippen LogP contribution in [0.3, 0.4) is 0 Å². The molecule has 1 N–H and O–H groups in total. The van der Waals surface area contributed by atoms with Gasteiger partial charge in [-0.3, -0.25) is 9.67 Å². The quantitative estimate of drug-likeness (QED) is 0.427. The van der Waals surface area contributed by atoms with Crippen molar-refractivity contribution in [2.75, 3.05) is 19.6 Å². The van der Waals surface area contributed by atoms with Crippen molar-refractivity contribution in [3.63, 3.8) is 0 Å². The fraction of sp³-hybridized carbons (Fsp3) is 0.577. The summed E-state index contributed by atoms with van der Waals surface area (Å²) in [7, 11) is 0. The summed E-state index contributed by atoms with van der Waals surface area (Å²) in [5.74, 6) is -3.92. The number of alkyl carbamates (subject to hydrolysis) is 1. The highest BCUT2D eigenvalue weighted by atomic mass is 19.4. The number of nitrogens with one attached hydrogen (secondary N) is 1. The second-order valence-corrected chi connectivity index (χ2v) is 10.7. The van der Waals surface area contributed by atoms with Gasteiger partial charge >= 0.3 is 24.2 Å². The first kappa shape index (κ1) is 28.5. The molecule has 0 radical (unpaired) electrons. The van der Waals surface area contributed by atoms with Crippen LogP contribution in [0.2, 0.25) is 0 Å². The summed E-state index contributed by atoms with van der Waals surface area (Å²) in [5, 5.41) is 7.45. The minimum Gasteiger partial charge on any atom is -0.444 e. The molecule has 0 aromatic carbocycles. The summed E-state index contributed by atoms with van der Waals surface area (Å²) in [6.07, 6.45) is 0.491. The number of amides is 1. The Morgan fingerprint density at radius 3 is 2.49 bits per heavy atom. The van der Waals surface area contributed by atoms with E-state index in [1.165, 1.54) is 4.68 Å². The number of piperidine rings is 1. The van der Waals surface area contributed by atoms with Gasteiger partial charge in [-0.1, -0.05) is 0 Å².